The summed E-state index contributed by atoms with van der Waals surface area (Å²) in [6, 6.07) is 7.41. The number of aliphatic carboxylic acids is 1. The quantitative estimate of drug-likeness (QED) is 0.718. The zero-order chi connectivity index (χ0) is 14.3. The highest BCUT2D eigenvalue weighted by Crippen LogP contribution is 2.17. The van der Waals surface area contributed by atoms with Gasteiger partial charge >= 0.3 is 5.97 Å². The van der Waals surface area contributed by atoms with Crippen LogP contribution in [-0.4, -0.2) is 29.4 Å². The molecule has 106 valence electrons. The van der Waals surface area contributed by atoms with Crippen LogP contribution in [0.3, 0.4) is 0 Å². The van der Waals surface area contributed by atoms with Crippen molar-refractivity contribution >= 4 is 18.0 Å². The van der Waals surface area contributed by atoms with Gasteiger partial charge in [-0.2, -0.15) is 0 Å². The van der Waals surface area contributed by atoms with Crippen LogP contribution in [0.5, 0.6) is 5.75 Å². The summed E-state index contributed by atoms with van der Waals surface area (Å²) < 4.78 is 5.29. The van der Waals surface area contributed by atoms with E-state index in [1.54, 1.807) is 0 Å². The molecule has 0 saturated heterocycles. The molecule has 0 amide bonds. The van der Waals surface area contributed by atoms with E-state index < -0.39 is 12.0 Å². The van der Waals surface area contributed by atoms with Gasteiger partial charge in [0.1, 0.15) is 11.8 Å². The summed E-state index contributed by atoms with van der Waals surface area (Å²) >= 11 is 1.30. The average molecular weight is 283 g/mol. The summed E-state index contributed by atoms with van der Waals surface area (Å²) in [5, 5.41) is 12.2. The predicted octanol–water partition coefficient (Wildman–Crippen LogP) is 2.73. The van der Waals surface area contributed by atoms with Gasteiger partial charge in [0.25, 0.3) is 0 Å². The largest absolute Gasteiger partial charge is 0.480 e. The minimum absolute atomic E-state index is 0.165. The number of hydrogen-bond acceptors (Lipinski definition) is 4. The Bertz CT molecular complexity index is 392. The van der Waals surface area contributed by atoms with Gasteiger partial charge in [-0.25, -0.2) is 0 Å². The first-order valence-corrected chi connectivity index (χ1v) is 7.46. The topological polar surface area (TPSA) is 58.6 Å². The molecule has 5 heteroatoms. The summed E-state index contributed by atoms with van der Waals surface area (Å²) in [5.41, 5.74) is 1.12. The summed E-state index contributed by atoms with van der Waals surface area (Å²) in [5.74, 6) is 0.0161. The first-order chi connectivity index (χ1) is 9.02. The number of benzene rings is 1. The third-order valence-corrected chi connectivity index (χ3v) is 3.02. The lowest BCUT2D eigenvalue weighted by molar-refractivity contribution is -0.139. The van der Waals surface area contributed by atoms with E-state index in [1.165, 1.54) is 12.0 Å². The van der Waals surface area contributed by atoms with Crippen molar-refractivity contribution in [2.24, 2.45) is 0 Å². The standard InChI is InChI=1S/C14H21NO3S/c1-10(2)15-13(14(16)17)9-6-11-4-7-12(8-5-11)18-19-3/h4-5,7-8,10,13,15H,6,9H2,1-3H3,(H,16,17)/t13-/m1/s1. The van der Waals surface area contributed by atoms with E-state index in [0.29, 0.717) is 6.42 Å². The molecule has 1 atom stereocenters. The van der Waals surface area contributed by atoms with Crippen LogP contribution in [0.25, 0.3) is 0 Å². The van der Waals surface area contributed by atoms with Gasteiger partial charge in [-0.3, -0.25) is 4.79 Å². The number of carboxylic acids is 1. The minimum Gasteiger partial charge on any atom is -0.480 e. The van der Waals surface area contributed by atoms with E-state index in [9.17, 15) is 4.79 Å². The van der Waals surface area contributed by atoms with Gasteiger partial charge in [0.05, 0.1) is 12.0 Å². The molecule has 0 unspecified atom stereocenters. The lowest BCUT2D eigenvalue weighted by Crippen LogP contribution is -2.41. The molecule has 0 aliphatic carbocycles. The molecular formula is C14H21NO3S. The van der Waals surface area contributed by atoms with Crippen molar-refractivity contribution in [1.82, 2.24) is 5.32 Å². The van der Waals surface area contributed by atoms with Crippen LogP contribution in [0.15, 0.2) is 24.3 Å². The van der Waals surface area contributed by atoms with Crippen molar-refractivity contribution in [1.29, 1.82) is 0 Å². The second-order valence-corrected chi connectivity index (χ2v) is 5.14. The minimum atomic E-state index is -0.795. The molecule has 0 saturated carbocycles. The highest BCUT2D eigenvalue weighted by molar-refractivity contribution is 7.94. The van der Waals surface area contributed by atoms with Gasteiger partial charge in [0.2, 0.25) is 0 Å². The van der Waals surface area contributed by atoms with Crippen LogP contribution in [0.1, 0.15) is 25.8 Å². The predicted molar refractivity (Wildman–Crippen MR) is 78.6 cm³/mol. The van der Waals surface area contributed by atoms with Crippen LogP contribution in [-0.2, 0) is 11.2 Å². The number of hydrogen-bond donors (Lipinski definition) is 2. The number of nitrogens with one attached hydrogen (secondary N) is 1. The van der Waals surface area contributed by atoms with Crippen LogP contribution < -0.4 is 9.50 Å². The van der Waals surface area contributed by atoms with E-state index in [-0.39, 0.29) is 6.04 Å². The first kappa shape index (κ1) is 15.9. The van der Waals surface area contributed by atoms with Crippen LogP contribution >= 0.6 is 12.0 Å². The second kappa shape index (κ2) is 8.07. The molecule has 19 heavy (non-hydrogen) atoms. The second-order valence-electron chi connectivity index (χ2n) is 4.64. The summed E-state index contributed by atoms with van der Waals surface area (Å²) in [6.45, 7) is 3.90. The molecular weight excluding hydrogens is 262 g/mol. The molecule has 0 heterocycles. The number of carboxylic acid groups (broad SMARTS) is 1. The van der Waals surface area contributed by atoms with E-state index in [0.717, 1.165) is 17.7 Å². The molecule has 1 rings (SSSR count). The summed E-state index contributed by atoms with van der Waals surface area (Å²) in [7, 11) is 0. The smallest absolute Gasteiger partial charge is 0.320 e. The lowest BCUT2D eigenvalue weighted by Gasteiger charge is -2.17. The molecule has 4 nitrogen and oxygen atoms in total. The van der Waals surface area contributed by atoms with Gasteiger partial charge in [-0.15, -0.1) is 0 Å². The van der Waals surface area contributed by atoms with E-state index in [4.69, 9.17) is 9.29 Å². The van der Waals surface area contributed by atoms with Gasteiger partial charge < -0.3 is 14.6 Å². The van der Waals surface area contributed by atoms with Gasteiger partial charge in [-0.05, 0) is 30.5 Å². The first-order valence-electron chi connectivity index (χ1n) is 6.31. The molecule has 0 aliphatic rings. The van der Waals surface area contributed by atoms with E-state index >= 15 is 0 Å². The maximum absolute atomic E-state index is 11.1. The van der Waals surface area contributed by atoms with Gasteiger partial charge in [0, 0.05) is 12.3 Å². The molecule has 1 aromatic rings. The number of rotatable bonds is 8. The Hall–Kier alpha value is -1.20. The van der Waals surface area contributed by atoms with Crippen molar-refractivity contribution in [3.8, 4) is 5.75 Å². The fraction of sp³-hybridized carbons (Fsp3) is 0.500. The molecule has 0 fully saturated rings. The third-order valence-electron chi connectivity index (χ3n) is 2.66. The van der Waals surface area contributed by atoms with Gasteiger partial charge in [-0.1, -0.05) is 26.0 Å². The maximum atomic E-state index is 11.1. The van der Waals surface area contributed by atoms with Crippen LogP contribution in [0, 0.1) is 0 Å². The molecule has 0 radical (unpaired) electrons. The molecule has 1 aromatic carbocycles. The third kappa shape index (κ3) is 5.98. The SMILES string of the molecule is CSOc1ccc(CC[C@@H](NC(C)C)C(=O)O)cc1. The number of aryl methyl sites for hydroxylation is 1. The monoisotopic (exact) mass is 283 g/mol. The Labute approximate surface area is 118 Å². The van der Waals surface area contributed by atoms with Crippen LogP contribution in [0.2, 0.25) is 0 Å². The molecule has 0 spiro atoms. The Morgan fingerprint density at radius 1 is 1.37 bits per heavy atom. The number of carbonyl (C=O) groups is 1. The zero-order valence-electron chi connectivity index (χ0n) is 11.6. The molecule has 2 N–H and O–H groups in total. The van der Waals surface area contributed by atoms with Crippen molar-refractivity contribution in [2.75, 3.05) is 6.26 Å². The highest BCUT2D eigenvalue weighted by Gasteiger charge is 2.17. The fourth-order valence-corrected chi connectivity index (χ4v) is 2.10. The van der Waals surface area contributed by atoms with Crippen molar-refractivity contribution in [3.63, 3.8) is 0 Å². The molecule has 0 aromatic heterocycles. The maximum Gasteiger partial charge on any atom is 0.320 e. The highest BCUT2D eigenvalue weighted by atomic mass is 32.2. The Morgan fingerprint density at radius 2 is 2.00 bits per heavy atom. The van der Waals surface area contributed by atoms with E-state index in [1.807, 2.05) is 44.4 Å². The van der Waals surface area contributed by atoms with E-state index in [2.05, 4.69) is 5.32 Å². The zero-order valence-corrected chi connectivity index (χ0v) is 12.4. The Morgan fingerprint density at radius 3 is 2.47 bits per heavy atom. The summed E-state index contributed by atoms with van der Waals surface area (Å²) in [4.78, 5) is 11.1. The lowest BCUT2D eigenvalue weighted by atomic mass is 10.0. The fourth-order valence-electron chi connectivity index (χ4n) is 1.80. The Balaban J connectivity index is 2.51. The Kier molecular flexibility index (Phi) is 6.73. The van der Waals surface area contributed by atoms with Crippen LogP contribution in [0.4, 0.5) is 0 Å². The van der Waals surface area contributed by atoms with Crippen molar-refractivity contribution in [3.05, 3.63) is 29.8 Å². The summed E-state index contributed by atoms with van der Waals surface area (Å²) in [6.07, 6.45) is 3.18. The van der Waals surface area contributed by atoms with Gasteiger partial charge in [0.15, 0.2) is 0 Å². The normalized spacial score (nSPS) is 12.4. The van der Waals surface area contributed by atoms with Crippen molar-refractivity contribution < 1.29 is 14.1 Å². The average Bonchev–Trinajstić information content (AvgIpc) is 2.36. The molecule has 0 bridgehead atoms. The molecule has 0 aliphatic heterocycles. The van der Waals surface area contributed by atoms with Crippen molar-refractivity contribution in [2.45, 2.75) is 38.8 Å².